The lowest BCUT2D eigenvalue weighted by atomic mass is 10.1. The van der Waals surface area contributed by atoms with Gasteiger partial charge < -0.3 is 10.1 Å². The van der Waals surface area contributed by atoms with Crippen molar-refractivity contribution >= 4 is 11.3 Å². The zero-order chi connectivity index (χ0) is 12.5. The molecule has 7 heteroatoms. The molecular weight excluding hydrogens is 253 g/mol. The maximum atomic E-state index is 12.2. The zero-order valence-corrected chi connectivity index (χ0v) is 10.1. The summed E-state index contributed by atoms with van der Waals surface area (Å²) in [4.78, 5) is 4.03. The summed E-state index contributed by atoms with van der Waals surface area (Å²) in [6.07, 6.45) is -4.26. The number of nitrogens with zero attached hydrogens (tertiary/aromatic N) is 1. The molecule has 96 valence electrons. The Labute approximate surface area is 101 Å². The number of alkyl halides is 3. The van der Waals surface area contributed by atoms with Gasteiger partial charge in [0.1, 0.15) is 5.01 Å². The van der Waals surface area contributed by atoms with E-state index in [0.717, 1.165) is 17.8 Å². The van der Waals surface area contributed by atoms with E-state index in [2.05, 4.69) is 10.3 Å². The van der Waals surface area contributed by atoms with Crippen LogP contribution in [0.2, 0.25) is 0 Å². The maximum Gasteiger partial charge on any atom is 0.395 e. The van der Waals surface area contributed by atoms with Crippen molar-refractivity contribution < 1.29 is 17.9 Å². The molecule has 2 rings (SSSR count). The Morgan fingerprint density at radius 1 is 1.59 bits per heavy atom. The van der Waals surface area contributed by atoms with E-state index in [0.29, 0.717) is 12.2 Å². The minimum absolute atomic E-state index is 0.0122. The standard InChI is InChI=1S/C10H13F3N2OS/c1-16-6-2-7(14-4-6)8-5-17-9(15-8)3-10(11,12)13/h5-7,14H,2-4H2,1H3. The van der Waals surface area contributed by atoms with Crippen molar-refractivity contribution in [1.82, 2.24) is 10.3 Å². The summed E-state index contributed by atoms with van der Waals surface area (Å²) in [5, 5.41) is 5.00. The predicted octanol–water partition coefficient (Wildman–Crippen LogP) is 2.30. The second-order valence-corrected chi connectivity index (χ2v) is 4.95. The van der Waals surface area contributed by atoms with Crippen molar-refractivity contribution in [3.05, 3.63) is 16.1 Å². The minimum Gasteiger partial charge on any atom is -0.380 e. The molecule has 2 heterocycles. The van der Waals surface area contributed by atoms with Gasteiger partial charge in [-0.2, -0.15) is 13.2 Å². The first-order valence-electron chi connectivity index (χ1n) is 5.25. The zero-order valence-electron chi connectivity index (χ0n) is 9.25. The summed E-state index contributed by atoms with van der Waals surface area (Å²) in [6, 6.07) is 0.0122. The van der Waals surface area contributed by atoms with Gasteiger partial charge in [0.2, 0.25) is 0 Å². The average Bonchev–Trinajstić information content (AvgIpc) is 2.82. The molecule has 0 amide bonds. The fourth-order valence-electron chi connectivity index (χ4n) is 1.85. The number of hydrogen-bond acceptors (Lipinski definition) is 4. The van der Waals surface area contributed by atoms with Gasteiger partial charge in [-0.3, -0.25) is 0 Å². The van der Waals surface area contributed by atoms with Gasteiger partial charge in [-0.05, 0) is 6.42 Å². The lowest BCUT2D eigenvalue weighted by molar-refractivity contribution is -0.127. The fourth-order valence-corrected chi connectivity index (χ4v) is 2.72. The third kappa shape index (κ3) is 3.40. The number of thiazole rings is 1. The van der Waals surface area contributed by atoms with Crippen molar-refractivity contribution in [1.29, 1.82) is 0 Å². The Morgan fingerprint density at radius 2 is 2.35 bits per heavy atom. The van der Waals surface area contributed by atoms with Gasteiger partial charge in [-0.1, -0.05) is 0 Å². The Morgan fingerprint density at radius 3 is 2.94 bits per heavy atom. The molecule has 1 fully saturated rings. The van der Waals surface area contributed by atoms with E-state index in [1.165, 1.54) is 0 Å². The van der Waals surface area contributed by atoms with Crippen LogP contribution in [0, 0.1) is 0 Å². The molecule has 0 radical (unpaired) electrons. The lowest BCUT2D eigenvalue weighted by Gasteiger charge is -2.06. The molecule has 0 spiro atoms. The van der Waals surface area contributed by atoms with E-state index in [4.69, 9.17) is 4.74 Å². The van der Waals surface area contributed by atoms with Crippen molar-refractivity contribution in [3.63, 3.8) is 0 Å². The van der Waals surface area contributed by atoms with E-state index >= 15 is 0 Å². The van der Waals surface area contributed by atoms with Crippen LogP contribution in [0.3, 0.4) is 0 Å². The monoisotopic (exact) mass is 266 g/mol. The molecule has 0 bridgehead atoms. The molecule has 1 N–H and O–H groups in total. The van der Waals surface area contributed by atoms with Crippen LogP contribution in [0.1, 0.15) is 23.2 Å². The van der Waals surface area contributed by atoms with Crippen LogP contribution >= 0.6 is 11.3 Å². The van der Waals surface area contributed by atoms with Crippen molar-refractivity contribution in [2.24, 2.45) is 0 Å². The van der Waals surface area contributed by atoms with E-state index in [-0.39, 0.29) is 17.2 Å². The summed E-state index contributed by atoms with van der Waals surface area (Å²) in [5.74, 6) is 0. The van der Waals surface area contributed by atoms with E-state index in [9.17, 15) is 13.2 Å². The molecule has 0 saturated carbocycles. The molecule has 1 saturated heterocycles. The molecular formula is C10H13F3N2OS. The van der Waals surface area contributed by atoms with Crippen LogP contribution < -0.4 is 5.32 Å². The maximum absolute atomic E-state index is 12.2. The molecule has 1 aliphatic rings. The Bertz CT molecular complexity index is 380. The Balaban J connectivity index is 1.99. The van der Waals surface area contributed by atoms with Crippen LogP contribution in [0.15, 0.2) is 5.38 Å². The van der Waals surface area contributed by atoms with E-state index in [1.807, 2.05) is 0 Å². The minimum atomic E-state index is -4.19. The predicted molar refractivity (Wildman–Crippen MR) is 58.0 cm³/mol. The second-order valence-electron chi connectivity index (χ2n) is 4.01. The molecule has 1 aromatic rings. The highest BCUT2D eigenvalue weighted by Crippen LogP contribution is 2.28. The van der Waals surface area contributed by atoms with Gasteiger partial charge in [0, 0.05) is 19.0 Å². The molecule has 0 aromatic carbocycles. The molecule has 2 atom stereocenters. The smallest absolute Gasteiger partial charge is 0.380 e. The van der Waals surface area contributed by atoms with Crippen molar-refractivity contribution in [3.8, 4) is 0 Å². The van der Waals surface area contributed by atoms with Crippen LogP contribution in [-0.2, 0) is 11.2 Å². The largest absolute Gasteiger partial charge is 0.395 e. The third-order valence-corrected chi connectivity index (χ3v) is 3.57. The highest BCUT2D eigenvalue weighted by molar-refractivity contribution is 7.09. The molecule has 1 aliphatic heterocycles. The molecule has 17 heavy (non-hydrogen) atoms. The number of aromatic nitrogens is 1. The fraction of sp³-hybridized carbons (Fsp3) is 0.700. The molecule has 0 aliphatic carbocycles. The van der Waals surface area contributed by atoms with Gasteiger partial charge >= 0.3 is 6.18 Å². The number of ether oxygens (including phenoxy) is 1. The van der Waals surface area contributed by atoms with Crippen LogP contribution in [0.25, 0.3) is 0 Å². The van der Waals surface area contributed by atoms with Crippen LogP contribution in [0.4, 0.5) is 13.2 Å². The Kier molecular flexibility index (Phi) is 3.70. The number of halogens is 3. The van der Waals surface area contributed by atoms with Gasteiger partial charge in [0.25, 0.3) is 0 Å². The number of hydrogen-bond donors (Lipinski definition) is 1. The quantitative estimate of drug-likeness (QED) is 0.911. The SMILES string of the molecule is COC1CNC(c2csc(CC(F)(F)F)n2)C1. The van der Waals surface area contributed by atoms with Gasteiger partial charge in [-0.15, -0.1) is 11.3 Å². The topological polar surface area (TPSA) is 34.1 Å². The molecule has 3 nitrogen and oxygen atoms in total. The van der Waals surface area contributed by atoms with Gasteiger partial charge in [0.05, 0.1) is 24.3 Å². The first kappa shape index (κ1) is 12.8. The van der Waals surface area contributed by atoms with Crippen molar-refractivity contribution in [2.45, 2.75) is 31.2 Å². The third-order valence-electron chi connectivity index (χ3n) is 2.70. The highest BCUT2D eigenvalue weighted by Gasteiger charge is 2.31. The van der Waals surface area contributed by atoms with Crippen LogP contribution in [0.5, 0.6) is 0 Å². The molecule has 1 aromatic heterocycles. The van der Waals surface area contributed by atoms with Crippen LogP contribution in [-0.4, -0.2) is 30.9 Å². The van der Waals surface area contributed by atoms with Gasteiger partial charge in [0.15, 0.2) is 0 Å². The highest BCUT2D eigenvalue weighted by atomic mass is 32.1. The van der Waals surface area contributed by atoms with Gasteiger partial charge in [-0.25, -0.2) is 4.98 Å². The summed E-state index contributed by atoms with van der Waals surface area (Å²) in [6.45, 7) is 0.716. The normalized spacial score (nSPS) is 25.4. The lowest BCUT2D eigenvalue weighted by Crippen LogP contribution is -2.16. The summed E-state index contributed by atoms with van der Waals surface area (Å²) >= 11 is 1.06. The van der Waals surface area contributed by atoms with E-state index in [1.54, 1.807) is 12.5 Å². The summed E-state index contributed by atoms with van der Waals surface area (Å²) < 4.78 is 41.7. The number of methoxy groups -OCH3 is 1. The average molecular weight is 266 g/mol. The summed E-state index contributed by atoms with van der Waals surface area (Å²) in [5.41, 5.74) is 0.689. The first-order valence-corrected chi connectivity index (χ1v) is 6.13. The summed E-state index contributed by atoms with van der Waals surface area (Å²) in [7, 11) is 1.63. The number of rotatable bonds is 3. The number of nitrogens with one attached hydrogen (secondary N) is 1. The Hall–Kier alpha value is -0.660. The first-order chi connectivity index (χ1) is 7.98. The molecule has 2 unspecified atom stereocenters. The van der Waals surface area contributed by atoms with Crippen molar-refractivity contribution in [2.75, 3.05) is 13.7 Å². The van der Waals surface area contributed by atoms with E-state index < -0.39 is 12.6 Å². The second kappa shape index (κ2) is 4.91.